The number of hydrogen-bond donors (Lipinski definition) is 1. The van der Waals surface area contributed by atoms with Crippen LogP contribution in [0.5, 0.6) is 5.75 Å². The third kappa shape index (κ3) is 3.94. The molecule has 0 aliphatic heterocycles. The van der Waals surface area contributed by atoms with Crippen molar-refractivity contribution in [3.05, 3.63) is 82.2 Å². The van der Waals surface area contributed by atoms with Gasteiger partial charge in [0.05, 0.1) is 11.9 Å². The number of carbonyl (C=O) groups excluding carboxylic acids is 1. The predicted octanol–water partition coefficient (Wildman–Crippen LogP) is 2.52. The maximum Gasteiger partial charge on any atom is 0.283 e. The van der Waals surface area contributed by atoms with Gasteiger partial charge in [0.25, 0.3) is 11.5 Å². The molecule has 2 aromatic carbocycles. The van der Waals surface area contributed by atoms with Gasteiger partial charge in [-0.1, -0.05) is 17.7 Å². The van der Waals surface area contributed by atoms with Crippen molar-refractivity contribution in [2.24, 2.45) is 0 Å². The van der Waals surface area contributed by atoms with E-state index in [0.29, 0.717) is 22.1 Å². The van der Waals surface area contributed by atoms with Gasteiger partial charge < -0.3 is 4.74 Å². The summed E-state index contributed by atoms with van der Waals surface area (Å²) in [6.07, 6.45) is 2.55. The van der Waals surface area contributed by atoms with Gasteiger partial charge in [-0.2, -0.15) is 5.10 Å². The van der Waals surface area contributed by atoms with Gasteiger partial charge in [0.15, 0.2) is 12.3 Å². The second-order valence-electron chi connectivity index (χ2n) is 5.97. The van der Waals surface area contributed by atoms with Crippen LogP contribution in [0.25, 0.3) is 16.7 Å². The second-order valence-corrected chi connectivity index (χ2v) is 6.41. The Bertz CT molecular complexity index is 1250. The number of carbonyl (C=O) groups is 1. The van der Waals surface area contributed by atoms with E-state index >= 15 is 0 Å². The van der Waals surface area contributed by atoms with Crippen LogP contribution in [0.3, 0.4) is 0 Å². The number of nitrogens with one attached hydrogen (secondary N) is 1. The van der Waals surface area contributed by atoms with Gasteiger partial charge in [0.2, 0.25) is 0 Å². The van der Waals surface area contributed by atoms with E-state index in [-0.39, 0.29) is 12.0 Å². The highest BCUT2D eigenvalue weighted by Gasteiger charge is 2.13. The van der Waals surface area contributed by atoms with Crippen molar-refractivity contribution in [1.82, 2.24) is 19.4 Å². The van der Waals surface area contributed by atoms with Crippen LogP contribution in [0, 0.1) is 5.82 Å². The second kappa shape index (κ2) is 7.72. The fourth-order valence-corrected chi connectivity index (χ4v) is 2.82. The van der Waals surface area contributed by atoms with Crippen molar-refractivity contribution >= 4 is 28.5 Å². The normalized spacial score (nSPS) is 10.8. The minimum atomic E-state index is -0.584. The molecular formula is C19H13ClFN5O3. The first-order valence-corrected chi connectivity index (χ1v) is 8.78. The van der Waals surface area contributed by atoms with Crippen LogP contribution in [-0.4, -0.2) is 32.0 Å². The van der Waals surface area contributed by atoms with E-state index < -0.39 is 17.3 Å². The first-order valence-electron chi connectivity index (χ1n) is 8.41. The molecule has 4 aromatic rings. The number of aromatic nitrogens is 4. The molecule has 0 saturated heterocycles. The van der Waals surface area contributed by atoms with Gasteiger partial charge in [-0.05, 0) is 42.5 Å². The number of halogens is 2. The van der Waals surface area contributed by atoms with E-state index in [9.17, 15) is 14.0 Å². The monoisotopic (exact) mass is 413 g/mol. The lowest BCUT2D eigenvalue weighted by Gasteiger charge is -2.09. The van der Waals surface area contributed by atoms with E-state index in [0.717, 1.165) is 4.68 Å². The fourth-order valence-electron chi connectivity index (χ4n) is 2.63. The molecule has 0 atom stereocenters. The quantitative estimate of drug-likeness (QED) is 0.543. The number of hydrogen-bond acceptors (Lipinski definition) is 5. The Balaban J connectivity index is 1.53. The number of amides is 1. The molecule has 146 valence electrons. The van der Waals surface area contributed by atoms with E-state index in [2.05, 4.69) is 15.5 Å². The van der Waals surface area contributed by atoms with Gasteiger partial charge >= 0.3 is 0 Å². The summed E-state index contributed by atoms with van der Waals surface area (Å²) in [4.78, 5) is 28.9. The van der Waals surface area contributed by atoms with E-state index in [1.54, 1.807) is 24.3 Å². The molecule has 0 aliphatic rings. The summed E-state index contributed by atoms with van der Waals surface area (Å²) < 4.78 is 20.6. The highest BCUT2D eigenvalue weighted by Crippen LogP contribution is 2.17. The van der Waals surface area contributed by atoms with Crippen LogP contribution < -0.4 is 15.7 Å². The first-order chi connectivity index (χ1) is 14.0. The summed E-state index contributed by atoms with van der Waals surface area (Å²) in [7, 11) is 0. The van der Waals surface area contributed by atoms with Crippen LogP contribution in [0.15, 0.2) is 65.8 Å². The molecule has 1 amide bonds. The molecule has 4 rings (SSSR count). The smallest absolute Gasteiger partial charge is 0.283 e. The van der Waals surface area contributed by atoms with Crippen molar-refractivity contribution < 1.29 is 13.9 Å². The molecule has 8 nitrogen and oxygen atoms in total. The largest absolute Gasteiger partial charge is 0.484 e. The van der Waals surface area contributed by atoms with Crippen molar-refractivity contribution in [3.8, 4) is 11.4 Å². The number of nitrogens with zero attached hydrogens (tertiary/aromatic N) is 4. The molecule has 29 heavy (non-hydrogen) atoms. The predicted molar refractivity (Wildman–Crippen MR) is 104 cm³/mol. The Labute approximate surface area is 168 Å². The van der Waals surface area contributed by atoms with Gasteiger partial charge in [-0.15, -0.1) is 0 Å². The van der Waals surface area contributed by atoms with Gasteiger partial charge in [0, 0.05) is 5.02 Å². The minimum Gasteiger partial charge on any atom is -0.484 e. The van der Waals surface area contributed by atoms with E-state index in [4.69, 9.17) is 16.3 Å². The molecule has 0 radical (unpaired) electrons. The lowest BCUT2D eigenvalue weighted by molar-refractivity contribution is -0.119. The van der Waals surface area contributed by atoms with Crippen molar-refractivity contribution in [2.45, 2.75) is 0 Å². The Hall–Kier alpha value is -3.72. The summed E-state index contributed by atoms with van der Waals surface area (Å²) in [5, 5.41) is 4.92. The Morgan fingerprint density at radius 2 is 2.00 bits per heavy atom. The standard InChI is InChI=1S/C19H13ClFN5O3/c20-12-2-1-3-14(8-12)26-18-16(9-23-26)19(28)25(11-22-18)24-17(27)10-29-15-6-4-13(21)5-7-15/h1-9,11H,10H2,(H,24,27). The fraction of sp³-hybridized carbons (Fsp3) is 0.0526. The van der Waals surface area contributed by atoms with Crippen molar-refractivity contribution in [3.63, 3.8) is 0 Å². The molecule has 10 heteroatoms. The SMILES string of the molecule is O=C(COc1ccc(F)cc1)Nn1cnc2c(cnn2-c2cccc(Cl)c2)c1=O. The van der Waals surface area contributed by atoms with E-state index in [1.165, 1.54) is 41.5 Å². The Morgan fingerprint density at radius 3 is 2.76 bits per heavy atom. The maximum absolute atomic E-state index is 12.9. The Kier molecular flexibility index (Phi) is 4.96. The zero-order valence-corrected chi connectivity index (χ0v) is 15.5. The van der Waals surface area contributed by atoms with Crippen molar-refractivity contribution in [2.75, 3.05) is 12.0 Å². The molecule has 2 aromatic heterocycles. The molecular weight excluding hydrogens is 401 g/mol. The molecule has 1 N–H and O–H groups in total. The zero-order chi connectivity index (χ0) is 20.4. The molecule has 0 saturated carbocycles. The molecule has 0 bridgehead atoms. The van der Waals surface area contributed by atoms with Crippen LogP contribution in [0.4, 0.5) is 4.39 Å². The molecule has 0 spiro atoms. The summed E-state index contributed by atoms with van der Waals surface area (Å²) >= 11 is 6.00. The number of ether oxygens (including phenoxy) is 1. The minimum absolute atomic E-state index is 0.215. The number of rotatable bonds is 5. The van der Waals surface area contributed by atoms with Gasteiger partial charge in [0.1, 0.15) is 23.3 Å². The van der Waals surface area contributed by atoms with Crippen molar-refractivity contribution in [1.29, 1.82) is 0 Å². The summed E-state index contributed by atoms with van der Waals surface area (Å²) in [6, 6.07) is 12.2. The van der Waals surface area contributed by atoms with Gasteiger partial charge in [-0.25, -0.2) is 18.7 Å². The topological polar surface area (TPSA) is 91.0 Å². The lowest BCUT2D eigenvalue weighted by atomic mass is 10.3. The number of fused-ring (bicyclic) bond motifs is 1. The molecule has 0 unspecified atom stereocenters. The van der Waals surface area contributed by atoms with Crippen LogP contribution in [-0.2, 0) is 4.79 Å². The Morgan fingerprint density at radius 1 is 1.21 bits per heavy atom. The highest BCUT2D eigenvalue weighted by molar-refractivity contribution is 6.30. The van der Waals surface area contributed by atoms with E-state index in [1.807, 2.05) is 0 Å². The molecule has 2 heterocycles. The number of benzene rings is 2. The van der Waals surface area contributed by atoms with Crippen LogP contribution in [0.2, 0.25) is 5.02 Å². The lowest BCUT2D eigenvalue weighted by Crippen LogP contribution is -2.35. The molecule has 0 aliphatic carbocycles. The highest BCUT2D eigenvalue weighted by atomic mass is 35.5. The summed E-state index contributed by atoms with van der Waals surface area (Å²) in [5.41, 5.74) is 2.86. The summed E-state index contributed by atoms with van der Waals surface area (Å²) in [5.74, 6) is -0.670. The third-order valence-corrected chi connectivity index (χ3v) is 4.21. The van der Waals surface area contributed by atoms with Gasteiger partial charge in [-0.3, -0.25) is 15.0 Å². The third-order valence-electron chi connectivity index (χ3n) is 3.97. The summed E-state index contributed by atoms with van der Waals surface area (Å²) in [6.45, 7) is -0.363. The molecule has 0 fully saturated rings. The average molecular weight is 414 g/mol. The zero-order valence-electron chi connectivity index (χ0n) is 14.8. The van der Waals surface area contributed by atoms with Crippen LogP contribution in [0.1, 0.15) is 0 Å². The average Bonchev–Trinajstić information content (AvgIpc) is 3.15. The maximum atomic E-state index is 12.9. The van der Waals surface area contributed by atoms with Crippen LogP contribution >= 0.6 is 11.6 Å². The first kappa shape index (κ1) is 18.6.